The number of hydrogen-bond acceptors (Lipinski definition) is 2. The number of aliphatic hydroxyl groups excluding tert-OH is 1. The van der Waals surface area contributed by atoms with Crippen molar-refractivity contribution in [1.82, 2.24) is 0 Å². The largest absolute Gasteiger partial charge is 0.387 e. The van der Waals surface area contributed by atoms with E-state index in [0.29, 0.717) is 0 Å². The maximum atomic E-state index is 10.2. The molecule has 0 aliphatic rings. The Morgan fingerprint density at radius 1 is 0.824 bits per heavy atom. The van der Waals surface area contributed by atoms with Crippen molar-refractivity contribution in [2.75, 3.05) is 0 Å². The van der Waals surface area contributed by atoms with Gasteiger partial charge in [0.05, 0.1) is 12.2 Å². The van der Waals surface area contributed by atoms with Crippen LogP contribution in [0, 0.1) is 11.3 Å². The minimum absolute atomic E-state index is 0.529. The molecule has 0 unspecified atom stereocenters. The van der Waals surface area contributed by atoms with Crippen molar-refractivity contribution in [3.8, 4) is 6.07 Å². The third-order valence-electron chi connectivity index (χ3n) is 2.75. The molecule has 0 spiro atoms. The van der Waals surface area contributed by atoms with E-state index in [1.807, 2.05) is 60.7 Å². The van der Waals surface area contributed by atoms with E-state index in [9.17, 15) is 10.4 Å². The van der Waals surface area contributed by atoms with Gasteiger partial charge in [-0.2, -0.15) is 5.26 Å². The second-order valence-electron chi connectivity index (χ2n) is 3.87. The van der Waals surface area contributed by atoms with Gasteiger partial charge < -0.3 is 5.11 Å². The minimum Gasteiger partial charge on any atom is -0.387 e. The Hall–Kier alpha value is -2.11. The second kappa shape index (κ2) is 5.29. The molecule has 2 aromatic rings. The van der Waals surface area contributed by atoms with Gasteiger partial charge in [0.25, 0.3) is 0 Å². The molecule has 0 amide bonds. The molecule has 0 aliphatic heterocycles. The van der Waals surface area contributed by atoms with E-state index in [1.165, 1.54) is 0 Å². The molecule has 0 saturated heterocycles. The van der Waals surface area contributed by atoms with Crippen LogP contribution in [0.25, 0.3) is 0 Å². The van der Waals surface area contributed by atoms with E-state index in [-0.39, 0.29) is 0 Å². The number of nitriles is 1. The molecule has 1 N–H and O–H groups in total. The normalized spacial score (nSPS) is 13.6. The number of hydrogen-bond donors (Lipinski definition) is 1. The predicted octanol–water partition coefficient (Wildman–Crippen LogP) is 3.03. The lowest BCUT2D eigenvalue weighted by Gasteiger charge is -2.17. The number of nitrogens with zero attached hydrogens (tertiary/aromatic N) is 1. The standard InChI is InChI=1S/C15H13NO/c16-11-14(12-7-3-1-4-8-12)15(17)13-9-5-2-6-10-13/h1-10,14-15,17H/t14-,15-/m1/s1. The van der Waals surface area contributed by atoms with Gasteiger partial charge in [0.2, 0.25) is 0 Å². The Morgan fingerprint density at radius 3 is 1.76 bits per heavy atom. The van der Waals surface area contributed by atoms with Crippen LogP contribution < -0.4 is 0 Å². The average Bonchev–Trinajstić information content (AvgIpc) is 2.42. The topological polar surface area (TPSA) is 44.0 Å². The van der Waals surface area contributed by atoms with Gasteiger partial charge in [-0.05, 0) is 11.1 Å². The summed E-state index contributed by atoms with van der Waals surface area (Å²) in [6.45, 7) is 0. The van der Waals surface area contributed by atoms with Gasteiger partial charge in [-0.25, -0.2) is 0 Å². The first kappa shape index (κ1) is 11.4. The van der Waals surface area contributed by atoms with Crippen molar-refractivity contribution in [1.29, 1.82) is 5.26 Å². The summed E-state index contributed by atoms with van der Waals surface area (Å²) in [7, 11) is 0. The molecule has 2 atom stereocenters. The van der Waals surface area contributed by atoms with Crippen LogP contribution in [0.4, 0.5) is 0 Å². The van der Waals surface area contributed by atoms with Crippen LogP contribution in [0.2, 0.25) is 0 Å². The van der Waals surface area contributed by atoms with Gasteiger partial charge in [0, 0.05) is 0 Å². The first-order valence-electron chi connectivity index (χ1n) is 5.50. The van der Waals surface area contributed by atoms with Crippen molar-refractivity contribution < 1.29 is 5.11 Å². The molecule has 2 aromatic carbocycles. The summed E-state index contributed by atoms with van der Waals surface area (Å²) in [5.74, 6) is -0.529. The Kier molecular flexibility index (Phi) is 3.54. The highest BCUT2D eigenvalue weighted by molar-refractivity contribution is 5.31. The molecular formula is C15H13NO. The first-order chi connectivity index (χ1) is 8.33. The van der Waals surface area contributed by atoms with E-state index in [4.69, 9.17) is 0 Å². The highest BCUT2D eigenvalue weighted by atomic mass is 16.3. The van der Waals surface area contributed by atoms with Crippen LogP contribution in [0.1, 0.15) is 23.1 Å². The summed E-state index contributed by atoms with van der Waals surface area (Å²) < 4.78 is 0. The highest BCUT2D eigenvalue weighted by Gasteiger charge is 2.21. The van der Waals surface area contributed by atoms with Crippen LogP contribution >= 0.6 is 0 Å². The molecule has 2 heteroatoms. The molecule has 84 valence electrons. The summed E-state index contributed by atoms with van der Waals surface area (Å²) in [6.07, 6.45) is -0.788. The predicted molar refractivity (Wildman–Crippen MR) is 66.2 cm³/mol. The number of rotatable bonds is 3. The summed E-state index contributed by atoms with van der Waals surface area (Å²) in [5.41, 5.74) is 1.61. The van der Waals surface area contributed by atoms with Gasteiger partial charge in [-0.3, -0.25) is 0 Å². The maximum absolute atomic E-state index is 10.2. The quantitative estimate of drug-likeness (QED) is 0.869. The zero-order valence-electron chi connectivity index (χ0n) is 9.32. The Morgan fingerprint density at radius 2 is 1.29 bits per heavy atom. The van der Waals surface area contributed by atoms with Crippen LogP contribution in [0.3, 0.4) is 0 Å². The van der Waals surface area contributed by atoms with Gasteiger partial charge in [0.15, 0.2) is 0 Å². The summed E-state index contributed by atoms with van der Waals surface area (Å²) >= 11 is 0. The zero-order valence-corrected chi connectivity index (χ0v) is 9.32. The monoisotopic (exact) mass is 223 g/mol. The van der Waals surface area contributed by atoms with Crippen LogP contribution in [-0.4, -0.2) is 5.11 Å². The van der Waals surface area contributed by atoms with Gasteiger partial charge in [-0.15, -0.1) is 0 Å². The Balaban J connectivity index is 2.30. The molecule has 2 rings (SSSR count). The van der Waals surface area contributed by atoms with Crippen molar-refractivity contribution in [2.45, 2.75) is 12.0 Å². The zero-order chi connectivity index (χ0) is 12.1. The molecule has 0 aromatic heterocycles. The molecule has 0 radical (unpaired) electrons. The number of benzene rings is 2. The molecule has 0 bridgehead atoms. The second-order valence-corrected chi connectivity index (χ2v) is 3.87. The lowest BCUT2D eigenvalue weighted by Crippen LogP contribution is -2.08. The molecule has 0 fully saturated rings. The third-order valence-corrected chi connectivity index (χ3v) is 2.75. The van der Waals surface area contributed by atoms with Crippen LogP contribution in [0.5, 0.6) is 0 Å². The average molecular weight is 223 g/mol. The van der Waals surface area contributed by atoms with E-state index < -0.39 is 12.0 Å². The van der Waals surface area contributed by atoms with E-state index in [0.717, 1.165) is 11.1 Å². The van der Waals surface area contributed by atoms with Gasteiger partial charge in [-0.1, -0.05) is 60.7 Å². The van der Waals surface area contributed by atoms with E-state index in [2.05, 4.69) is 6.07 Å². The molecular weight excluding hydrogens is 210 g/mol. The van der Waals surface area contributed by atoms with Gasteiger partial charge in [0.1, 0.15) is 5.92 Å². The van der Waals surface area contributed by atoms with Gasteiger partial charge >= 0.3 is 0 Å². The first-order valence-corrected chi connectivity index (χ1v) is 5.50. The molecule has 0 heterocycles. The van der Waals surface area contributed by atoms with E-state index in [1.54, 1.807) is 0 Å². The Labute approximate surface area is 101 Å². The van der Waals surface area contributed by atoms with Crippen molar-refractivity contribution in [2.24, 2.45) is 0 Å². The summed E-state index contributed by atoms with van der Waals surface area (Å²) in [5, 5.41) is 19.4. The van der Waals surface area contributed by atoms with Crippen molar-refractivity contribution in [3.63, 3.8) is 0 Å². The minimum atomic E-state index is -0.788. The SMILES string of the molecule is N#C[C@H](c1ccccc1)[C@H](O)c1ccccc1. The molecule has 0 saturated carbocycles. The summed E-state index contributed by atoms with van der Waals surface area (Å²) in [4.78, 5) is 0. The number of aliphatic hydroxyl groups is 1. The van der Waals surface area contributed by atoms with Crippen LogP contribution in [-0.2, 0) is 0 Å². The summed E-state index contributed by atoms with van der Waals surface area (Å²) in [6, 6.07) is 20.8. The fourth-order valence-corrected chi connectivity index (χ4v) is 1.83. The third kappa shape index (κ3) is 2.52. The van der Waals surface area contributed by atoms with E-state index >= 15 is 0 Å². The lowest BCUT2D eigenvalue weighted by molar-refractivity contribution is 0.164. The smallest absolute Gasteiger partial charge is 0.101 e. The fraction of sp³-hybridized carbons (Fsp3) is 0.133. The molecule has 0 aliphatic carbocycles. The Bertz CT molecular complexity index is 501. The fourth-order valence-electron chi connectivity index (χ4n) is 1.83. The lowest BCUT2D eigenvalue weighted by atomic mass is 9.90. The highest BCUT2D eigenvalue weighted by Crippen LogP contribution is 2.29. The van der Waals surface area contributed by atoms with Crippen LogP contribution in [0.15, 0.2) is 60.7 Å². The van der Waals surface area contributed by atoms with Crippen molar-refractivity contribution in [3.05, 3.63) is 71.8 Å². The molecule has 17 heavy (non-hydrogen) atoms. The van der Waals surface area contributed by atoms with Crippen molar-refractivity contribution >= 4 is 0 Å². The molecule has 2 nitrogen and oxygen atoms in total. The maximum Gasteiger partial charge on any atom is 0.101 e.